The number of halogens is 3. The molecule has 0 atom stereocenters. The van der Waals surface area contributed by atoms with Gasteiger partial charge in [0.25, 0.3) is 5.69 Å². The average Bonchev–Trinajstić information content (AvgIpc) is 2.15. The van der Waals surface area contributed by atoms with Gasteiger partial charge in [-0.15, -0.1) is 0 Å². The van der Waals surface area contributed by atoms with Crippen molar-refractivity contribution >= 4 is 52.4 Å². The van der Waals surface area contributed by atoms with Gasteiger partial charge in [-0.25, -0.2) is 0 Å². The third-order valence-corrected chi connectivity index (χ3v) is 2.83. The van der Waals surface area contributed by atoms with E-state index in [0.717, 1.165) is 11.9 Å². The van der Waals surface area contributed by atoms with E-state index in [-0.39, 0.29) is 12.1 Å². The van der Waals surface area contributed by atoms with Crippen LogP contribution in [0.5, 0.6) is 0 Å². The molecule has 0 aromatic heterocycles. The van der Waals surface area contributed by atoms with Gasteiger partial charge in [-0.1, -0.05) is 34.8 Å². The minimum absolute atomic E-state index is 0.0537. The monoisotopic (exact) mass is 300 g/mol. The smallest absolute Gasteiger partial charge is 0.269 e. The summed E-state index contributed by atoms with van der Waals surface area (Å²) in [6.45, 7) is 0. The Morgan fingerprint density at radius 1 is 1.44 bits per heavy atom. The summed E-state index contributed by atoms with van der Waals surface area (Å²) in [6, 6.07) is 4.25. The van der Waals surface area contributed by atoms with Crippen LogP contribution in [-0.2, 0) is 6.42 Å². The van der Waals surface area contributed by atoms with Gasteiger partial charge in [0.2, 0.25) is 0 Å². The van der Waals surface area contributed by atoms with Crippen LogP contribution in [0.4, 0.5) is 5.69 Å². The first kappa shape index (κ1) is 13.9. The van der Waals surface area contributed by atoms with Crippen molar-refractivity contribution in [1.29, 1.82) is 0 Å². The van der Waals surface area contributed by atoms with Crippen molar-refractivity contribution < 1.29 is 4.92 Å². The lowest BCUT2D eigenvalue weighted by atomic mass is 10.1. The molecule has 16 heavy (non-hydrogen) atoms. The number of alkyl halides is 3. The molecule has 0 heterocycles. The number of nitrogens with zero attached hydrogens (tertiary/aromatic N) is 1. The normalized spacial score (nSPS) is 11.5. The highest BCUT2D eigenvalue weighted by atomic mass is 35.6. The molecule has 0 aliphatic rings. The predicted octanol–water partition coefficient (Wildman–Crippen LogP) is 3.47. The summed E-state index contributed by atoms with van der Waals surface area (Å²) >= 11 is 17.9. The molecule has 0 fully saturated rings. The van der Waals surface area contributed by atoms with Crippen molar-refractivity contribution in [3.63, 3.8) is 0 Å². The van der Waals surface area contributed by atoms with Crippen LogP contribution in [0, 0.1) is 10.1 Å². The molecule has 1 aromatic carbocycles. The molecule has 0 radical (unpaired) electrons. The van der Waals surface area contributed by atoms with Crippen LogP contribution in [0.15, 0.2) is 23.1 Å². The number of non-ortho nitro benzene ring substituents is 1. The van der Waals surface area contributed by atoms with Crippen molar-refractivity contribution in [1.82, 2.24) is 0 Å². The van der Waals surface area contributed by atoms with E-state index in [1.54, 1.807) is 0 Å². The molecule has 1 aromatic rings. The zero-order valence-electron chi connectivity index (χ0n) is 7.82. The number of nitrogens with two attached hydrogens (primary N) is 1. The van der Waals surface area contributed by atoms with Gasteiger partial charge in [-0.2, -0.15) is 0 Å². The molecule has 88 valence electrons. The SMILES string of the molecule is NSc1ccc([N+](=O)[O-])cc1CC(Cl)(Cl)Cl. The number of nitro groups is 1. The van der Waals surface area contributed by atoms with Gasteiger partial charge in [0, 0.05) is 23.4 Å². The van der Waals surface area contributed by atoms with E-state index < -0.39 is 8.72 Å². The highest BCUT2D eigenvalue weighted by Crippen LogP contribution is 2.34. The number of nitro benzene ring substituents is 1. The Morgan fingerprint density at radius 3 is 2.50 bits per heavy atom. The van der Waals surface area contributed by atoms with Crippen LogP contribution in [0.1, 0.15) is 5.56 Å². The average molecular weight is 302 g/mol. The highest BCUT2D eigenvalue weighted by Gasteiger charge is 2.23. The van der Waals surface area contributed by atoms with Gasteiger partial charge in [0.1, 0.15) is 0 Å². The Kier molecular flexibility index (Phi) is 4.70. The summed E-state index contributed by atoms with van der Waals surface area (Å²) in [7, 11) is 0. The summed E-state index contributed by atoms with van der Waals surface area (Å²) < 4.78 is -1.50. The Balaban J connectivity index is 3.12. The summed E-state index contributed by atoms with van der Waals surface area (Å²) in [5.41, 5.74) is 0.490. The summed E-state index contributed by atoms with van der Waals surface area (Å²) in [4.78, 5) is 10.7. The topological polar surface area (TPSA) is 69.2 Å². The van der Waals surface area contributed by atoms with Crippen LogP contribution < -0.4 is 5.14 Å². The van der Waals surface area contributed by atoms with E-state index >= 15 is 0 Å². The maximum Gasteiger partial charge on any atom is 0.269 e. The first-order chi connectivity index (χ1) is 7.33. The standard InChI is InChI=1S/C8H7Cl3N2O2S/c9-8(10,11)4-5-3-6(13(14)15)1-2-7(5)16-12/h1-3H,4,12H2. The maximum absolute atomic E-state index is 10.6. The summed E-state index contributed by atoms with van der Waals surface area (Å²) in [5.74, 6) is 0. The largest absolute Gasteiger partial charge is 0.274 e. The minimum Gasteiger partial charge on any atom is -0.274 e. The molecular formula is C8H7Cl3N2O2S. The molecule has 8 heteroatoms. The fraction of sp³-hybridized carbons (Fsp3) is 0.250. The first-order valence-corrected chi connectivity index (χ1v) is 6.05. The fourth-order valence-electron chi connectivity index (χ4n) is 1.15. The quantitative estimate of drug-likeness (QED) is 0.402. The number of hydrogen-bond donors (Lipinski definition) is 1. The molecule has 0 saturated heterocycles. The van der Waals surface area contributed by atoms with Gasteiger partial charge in [0.05, 0.1) is 4.92 Å². The molecule has 0 saturated carbocycles. The Bertz CT molecular complexity index is 409. The molecule has 0 amide bonds. The van der Waals surface area contributed by atoms with Crippen LogP contribution in [0.2, 0.25) is 0 Å². The molecule has 0 bridgehead atoms. The van der Waals surface area contributed by atoms with Gasteiger partial charge >= 0.3 is 0 Å². The molecule has 0 aliphatic heterocycles. The lowest BCUT2D eigenvalue weighted by molar-refractivity contribution is -0.385. The third-order valence-electron chi connectivity index (χ3n) is 1.77. The fourth-order valence-corrected chi connectivity index (χ4v) is 2.01. The molecule has 0 aliphatic carbocycles. The van der Waals surface area contributed by atoms with Crippen LogP contribution in [0.25, 0.3) is 0 Å². The molecule has 0 spiro atoms. The van der Waals surface area contributed by atoms with E-state index in [1.165, 1.54) is 18.2 Å². The second kappa shape index (κ2) is 5.42. The predicted molar refractivity (Wildman–Crippen MR) is 67.1 cm³/mol. The minimum atomic E-state index is -1.50. The van der Waals surface area contributed by atoms with Crippen LogP contribution >= 0.6 is 46.8 Å². The molecular weight excluding hydrogens is 295 g/mol. The lowest BCUT2D eigenvalue weighted by Crippen LogP contribution is -2.08. The molecule has 4 nitrogen and oxygen atoms in total. The summed E-state index contributed by atoms with van der Waals surface area (Å²) in [5, 5.41) is 16.0. The maximum atomic E-state index is 10.6. The Morgan fingerprint density at radius 2 is 2.06 bits per heavy atom. The number of benzene rings is 1. The molecule has 1 rings (SSSR count). The zero-order valence-corrected chi connectivity index (χ0v) is 10.9. The van der Waals surface area contributed by atoms with E-state index in [0.29, 0.717) is 10.5 Å². The van der Waals surface area contributed by atoms with Crippen LogP contribution in [0.3, 0.4) is 0 Å². The molecule has 2 N–H and O–H groups in total. The van der Waals surface area contributed by atoms with Gasteiger partial charge in [-0.3, -0.25) is 15.3 Å². The van der Waals surface area contributed by atoms with Crippen molar-refractivity contribution in [2.45, 2.75) is 15.1 Å². The Hall–Kier alpha value is -0.200. The van der Waals surface area contributed by atoms with Crippen molar-refractivity contribution in [3.05, 3.63) is 33.9 Å². The van der Waals surface area contributed by atoms with E-state index in [2.05, 4.69) is 0 Å². The van der Waals surface area contributed by atoms with E-state index in [1.807, 2.05) is 0 Å². The second-order valence-electron chi connectivity index (χ2n) is 2.96. The second-order valence-corrected chi connectivity index (χ2v) is 6.15. The van der Waals surface area contributed by atoms with Crippen molar-refractivity contribution in [2.75, 3.05) is 0 Å². The Labute approximate surface area is 111 Å². The van der Waals surface area contributed by atoms with E-state index in [9.17, 15) is 10.1 Å². The first-order valence-electron chi connectivity index (χ1n) is 4.04. The van der Waals surface area contributed by atoms with Crippen LogP contribution in [-0.4, -0.2) is 8.72 Å². The van der Waals surface area contributed by atoms with Crippen molar-refractivity contribution in [2.24, 2.45) is 5.14 Å². The van der Waals surface area contributed by atoms with Crippen molar-refractivity contribution in [3.8, 4) is 0 Å². The summed E-state index contributed by atoms with van der Waals surface area (Å²) in [6.07, 6.45) is 0.0683. The zero-order chi connectivity index (χ0) is 12.3. The highest BCUT2D eigenvalue weighted by molar-refractivity contribution is 7.97. The number of rotatable bonds is 3. The van der Waals surface area contributed by atoms with Gasteiger partial charge in [-0.05, 0) is 23.6 Å². The van der Waals surface area contributed by atoms with Gasteiger partial charge < -0.3 is 0 Å². The lowest BCUT2D eigenvalue weighted by Gasteiger charge is -2.12. The third kappa shape index (κ3) is 3.99. The molecule has 0 unspecified atom stereocenters. The van der Waals surface area contributed by atoms with E-state index in [4.69, 9.17) is 39.9 Å². The van der Waals surface area contributed by atoms with Gasteiger partial charge in [0.15, 0.2) is 3.79 Å². The number of hydrogen-bond acceptors (Lipinski definition) is 4.